The van der Waals surface area contributed by atoms with Gasteiger partial charge in [-0.25, -0.2) is 4.98 Å². The molecular formula is C31H57N5O4Y-2. The second-order valence-corrected chi connectivity index (χ2v) is 10.9. The molecule has 41 heavy (non-hydrogen) atoms. The number of urea groups is 1. The molecule has 3 amide bonds. The van der Waals surface area contributed by atoms with Gasteiger partial charge in [-0.15, -0.1) is 0 Å². The SMILES string of the molecule is CCCCCCCCCCCCC(CCCCCCCCCC)COC([NH-])=O.Cc1cc(=O)[nH]c(NC([NH-])=O)n1.[Y]. The zero-order valence-corrected chi connectivity index (χ0v) is 29.0. The van der Waals surface area contributed by atoms with Crippen LogP contribution in [-0.4, -0.2) is 28.7 Å². The summed E-state index contributed by atoms with van der Waals surface area (Å²) in [6.07, 6.45) is 25.7. The van der Waals surface area contributed by atoms with Crippen molar-refractivity contribution < 1.29 is 47.0 Å². The van der Waals surface area contributed by atoms with Gasteiger partial charge in [-0.2, -0.15) is 0 Å². The number of anilines is 1. The van der Waals surface area contributed by atoms with E-state index in [0.29, 0.717) is 18.2 Å². The van der Waals surface area contributed by atoms with E-state index in [0.717, 1.165) is 12.8 Å². The van der Waals surface area contributed by atoms with E-state index in [-0.39, 0.29) is 44.2 Å². The number of hydrogen-bond donors (Lipinski definition) is 2. The van der Waals surface area contributed by atoms with Gasteiger partial charge >= 0.3 is 0 Å². The molecule has 0 saturated carbocycles. The van der Waals surface area contributed by atoms with Gasteiger partial charge in [-0.1, -0.05) is 129 Å². The van der Waals surface area contributed by atoms with Crippen LogP contribution in [0.25, 0.3) is 11.5 Å². The van der Waals surface area contributed by atoms with Crippen molar-refractivity contribution in [3.05, 3.63) is 33.6 Å². The summed E-state index contributed by atoms with van der Waals surface area (Å²) in [5.74, 6) is 0.462. The van der Waals surface area contributed by atoms with E-state index >= 15 is 0 Å². The second-order valence-electron chi connectivity index (χ2n) is 10.9. The van der Waals surface area contributed by atoms with E-state index in [4.69, 9.17) is 16.2 Å². The number of nitrogens with one attached hydrogen (secondary N) is 4. The Morgan fingerprint density at radius 3 is 1.59 bits per heavy atom. The maximum absolute atomic E-state index is 10.8. The Hall–Kier alpha value is -1.48. The molecule has 9 nitrogen and oxygen atoms in total. The minimum Gasteiger partial charge on any atom is -0.632 e. The number of unbranched alkanes of at least 4 members (excludes halogenated alkanes) is 16. The summed E-state index contributed by atoms with van der Waals surface area (Å²) >= 11 is 0. The summed E-state index contributed by atoms with van der Waals surface area (Å²) in [6.45, 7) is 6.61. The smallest absolute Gasteiger partial charge is 0.251 e. The second kappa shape index (κ2) is 30.0. The number of aromatic nitrogens is 2. The van der Waals surface area contributed by atoms with Crippen molar-refractivity contribution in [3.63, 3.8) is 0 Å². The number of ether oxygens (including phenoxy) is 1. The van der Waals surface area contributed by atoms with Crippen molar-refractivity contribution in [2.45, 2.75) is 149 Å². The van der Waals surface area contributed by atoms with Gasteiger partial charge in [0.05, 0.1) is 6.61 Å². The van der Waals surface area contributed by atoms with Gasteiger partial charge < -0.3 is 26.5 Å². The normalized spacial score (nSPS) is 11.1. The third kappa shape index (κ3) is 29.8. The number of aryl methyl sites for hydroxylation is 1. The average Bonchev–Trinajstić information content (AvgIpc) is 2.88. The first-order valence-corrected chi connectivity index (χ1v) is 15.8. The summed E-state index contributed by atoms with van der Waals surface area (Å²) in [5, 5.41) is 2.05. The van der Waals surface area contributed by atoms with Gasteiger partial charge in [0.2, 0.25) is 6.09 Å². The third-order valence-corrected chi connectivity index (χ3v) is 6.98. The zero-order chi connectivity index (χ0) is 29.8. The van der Waals surface area contributed by atoms with E-state index in [1.165, 1.54) is 122 Å². The summed E-state index contributed by atoms with van der Waals surface area (Å²) in [5.41, 5.74) is 13.7. The molecule has 0 aliphatic rings. The van der Waals surface area contributed by atoms with E-state index in [1.807, 2.05) is 5.32 Å². The van der Waals surface area contributed by atoms with Crippen LogP contribution < -0.4 is 10.9 Å². The molecule has 0 saturated heterocycles. The van der Waals surface area contributed by atoms with Crippen LogP contribution in [0.5, 0.6) is 0 Å². The molecule has 1 aromatic rings. The Labute approximate surface area is 274 Å². The molecule has 0 aromatic carbocycles. The summed E-state index contributed by atoms with van der Waals surface area (Å²) in [7, 11) is 0. The fourth-order valence-corrected chi connectivity index (χ4v) is 4.74. The molecule has 4 N–H and O–H groups in total. The van der Waals surface area contributed by atoms with E-state index < -0.39 is 12.1 Å². The van der Waals surface area contributed by atoms with Crippen LogP contribution in [0.1, 0.15) is 148 Å². The molecule has 1 aromatic heterocycles. The Bertz CT molecular complexity index is 822. The number of hydrogen-bond acceptors (Lipinski definition) is 5. The van der Waals surface area contributed by atoms with E-state index in [2.05, 4.69) is 23.8 Å². The minimum absolute atomic E-state index is 0. The van der Waals surface area contributed by atoms with Crippen molar-refractivity contribution in [2.24, 2.45) is 5.92 Å². The zero-order valence-electron chi connectivity index (χ0n) is 26.2. The number of aromatic amines is 1. The molecule has 1 unspecified atom stereocenters. The van der Waals surface area contributed by atoms with Crippen molar-refractivity contribution in [1.29, 1.82) is 0 Å². The van der Waals surface area contributed by atoms with Gasteiger partial charge in [0.1, 0.15) is 5.95 Å². The summed E-state index contributed by atoms with van der Waals surface area (Å²) in [6, 6.07) is 0.281. The molecule has 1 heterocycles. The van der Waals surface area contributed by atoms with Gasteiger partial charge in [-0.05, 0) is 25.7 Å². The Morgan fingerprint density at radius 2 is 1.22 bits per heavy atom. The van der Waals surface area contributed by atoms with Crippen LogP contribution in [0.4, 0.5) is 15.5 Å². The number of nitrogens with zero attached hydrogens (tertiary/aromatic N) is 1. The maximum Gasteiger partial charge on any atom is 0.251 e. The van der Waals surface area contributed by atoms with Crippen molar-refractivity contribution in [3.8, 4) is 0 Å². The number of H-pyrrole nitrogens is 1. The molecule has 10 heteroatoms. The fraction of sp³-hybridized carbons (Fsp3) is 0.806. The molecule has 0 fully saturated rings. The van der Waals surface area contributed by atoms with Crippen LogP contribution in [0.2, 0.25) is 0 Å². The Balaban J connectivity index is 0. The summed E-state index contributed by atoms with van der Waals surface area (Å²) in [4.78, 5) is 37.9. The number of rotatable bonds is 23. The monoisotopic (exact) mass is 652 g/mol. The van der Waals surface area contributed by atoms with Crippen molar-refractivity contribution in [2.75, 3.05) is 11.9 Å². The van der Waals surface area contributed by atoms with Gasteiger partial charge in [0, 0.05) is 44.5 Å². The van der Waals surface area contributed by atoms with Gasteiger partial charge in [0.25, 0.3) is 5.56 Å². The molecule has 0 aliphatic carbocycles. The number of amides is 3. The topological polar surface area (TPSA) is 149 Å². The standard InChI is InChI=1S/C25H51NO2.C6H8N4O2.Y/c1-3-5-7-9-11-13-14-16-18-20-22-24(23-28-25(26)27)21-19-17-15-12-10-8-6-4-2;1-3-2-4(11)9-6(8-3)10-5(7)12;/h24H,3-23H2,1-2H3,(H2,26,27);2H,1H3,(H4,7,8,9,10,11,12);/p-2. The van der Waals surface area contributed by atoms with E-state index in [9.17, 15) is 14.4 Å². The molecule has 1 rings (SSSR count). The van der Waals surface area contributed by atoms with Crippen LogP contribution >= 0.6 is 0 Å². The quantitative estimate of drug-likeness (QED) is 0.113. The molecule has 0 aliphatic heterocycles. The average molecular weight is 653 g/mol. The molecule has 1 atom stereocenters. The van der Waals surface area contributed by atoms with Crippen LogP contribution in [0.15, 0.2) is 10.9 Å². The minimum atomic E-state index is -1.01. The molecular weight excluding hydrogens is 595 g/mol. The summed E-state index contributed by atoms with van der Waals surface area (Å²) < 4.78 is 5.00. The predicted octanol–water partition coefficient (Wildman–Crippen LogP) is 10.3. The maximum atomic E-state index is 10.8. The predicted molar refractivity (Wildman–Crippen MR) is 166 cm³/mol. The number of carbonyl (C=O) groups excluding carboxylic acids is 2. The number of carbonyl (C=O) groups is 2. The van der Waals surface area contributed by atoms with Crippen LogP contribution in [-0.2, 0) is 37.4 Å². The first-order chi connectivity index (χ1) is 19.3. The first kappa shape index (κ1) is 41.7. The Morgan fingerprint density at radius 1 is 0.805 bits per heavy atom. The fourth-order valence-electron chi connectivity index (χ4n) is 4.74. The molecule has 1 radical (unpaired) electrons. The first-order valence-electron chi connectivity index (χ1n) is 15.8. The van der Waals surface area contributed by atoms with E-state index in [1.54, 1.807) is 6.92 Å². The molecule has 235 valence electrons. The van der Waals surface area contributed by atoms with Crippen LogP contribution in [0.3, 0.4) is 0 Å². The van der Waals surface area contributed by atoms with Crippen molar-refractivity contribution in [1.82, 2.24) is 9.97 Å². The third-order valence-electron chi connectivity index (χ3n) is 6.98. The van der Waals surface area contributed by atoms with Crippen molar-refractivity contribution >= 4 is 18.1 Å². The Kier molecular flexibility index (Phi) is 30.5. The van der Waals surface area contributed by atoms with Gasteiger partial charge in [-0.3, -0.25) is 14.4 Å². The van der Waals surface area contributed by atoms with Crippen LogP contribution in [0, 0.1) is 12.8 Å². The molecule has 0 spiro atoms. The van der Waals surface area contributed by atoms with Gasteiger partial charge in [0.15, 0.2) is 6.03 Å². The largest absolute Gasteiger partial charge is 0.632 e. The molecule has 0 bridgehead atoms.